The maximum absolute atomic E-state index is 5.80. The quantitative estimate of drug-likeness (QED) is 0.868. The van der Waals surface area contributed by atoms with Crippen LogP contribution in [0.3, 0.4) is 0 Å². The van der Waals surface area contributed by atoms with Crippen LogP contribution in [0.15, 0.2) is 6.20 Å². The molecule has 0 aromatic carbocycles. The summed E-state index contributed by atoms with van der Waals surface area (Å²) in [4.78, 5) is 8.20. The van der Waals surface area contributed by atoms with E-state index in [4.69, 9.17) is 4.74 Å². The van der Waals surface area contributed by atoms with Crippen molar-refractivity contribution in [3.63, 3.8) is 0 Å². The van der Waals surface area contributed by atoms with Crippen molar-refractivity contribution < 1.29 is 4.74 Å². The van der Waals surface area contributed by atoms with Gasteiger partial charge in [-0.1, -0.05) is 13.8 Å². The number of ether oxygens (including phenoxy) is 1. The largest absolute Gasteiger partial charge is 0.368 e. The van der Waals surface area contributed by atoms with Gasteiger partial charge < -0.3 is 10.1 Å². The normalized spacial score (nSPS) is 21.9. The smallest absolute Gasteiger partial charge is 0.123 e. The summed E-state index contributed by atoms with van der Waals surface area (Å²) in [7, 11) is 0. The number of likely N-dealkylation sites (N-methyl/N-ethyl adjacent to an activating group) is 1. The minimum atomic E-state index is 0.170. The molecule has 2 rings (SSSR count). The Bertz CT molecular complexity index is 342. The molecule has 1 aromatic rings. The molecule has 1 aliphatic heterocycles. The molecule has 1 atom stereocenters. The van der Waals surface area contributed by atoms with Crippen LogP contribution in [0.2, 0.25) is 0 Å². The summed E-state index contributed by atoms with van der Waals surface area (Å²) in [5.74, 6) is 0. The van der Waals surface area contributed by atoms with Crippen LogP contribution in [0.1, 0.15) is 29.8 Å². The number of aromatic nitrogens is 1. The van der Waals surface area contributed by atoms with Gasteiger partial charge in [-0.25, -0.2) is 4.98 Å². The highest BCUT2D eigenvalue weighted by Gasteiger charge is 2.23. The van der Waals surface area contributed by atoms with E-state index in [0.717, 1.165) is 44.3 Å². The van der Waals surface area contributed by atoms with Gasteiger partial charge >= 0.3 is 0 Å². The molecule has 0 saturated carbocycles. The monoisotopic (exact) mass is 255 g/mol. The zero-order chi connectivity index (χ0) is 12.1. The first kappa shape index (κ1) is 13.0. The summed E-state index contributed by atoms with van der Waals surface area (Å²) in [5, 5.41) is 4.44. The van der Waals surface area contributed by atoms with Gasteiger partial charge in [-0.05, 0) is 13.1 Å². The molecule has 0 radical (unpaired) electrons. The van der Waals surface area contributed by atoms with Crippen molar-refractivity contribution in [1.29, 1.82) is 0 Å². The summed E-state index contributed by atoms with van der Waals surface area (Å²) >= 11 is 1.77. The SMILES string of the molecule is CCNCc1cnc(C2CN(CC)CCO2)s1. The van der Waals surface area contributed by atoms with E-state index in [1.807, 2.05) is 6.20 Å². The molecule has 1 aliphatic rings. The van der Waals surface area contributed by atoms with Gasteiger partial charge in [0.2, 0.25) is 0 Å². The van der Waals surface area contributed by atoms with Gasteiger partial charge in [-0.3, -0.25) is 4.90 Å². The Morgan fingerprint density at radius 2 is 2.47 bits per heavy atom. The fraction of sp³-hybridized carbons (Fsp3) is 0.750. The predicted molar refractivity (Wildman–Crippen MR) is 70.3 cm³/mol. The summed E-state index contributed by atoms with van der Waals surface area (Å²) < 4.78 is 5.80. The van der Waals surface area contributed by atoms with Gasteiger partial charge in [0.25, 0.3) is 0 Å². The van der Waals surface area contributed by atoms with E-state index in [-0.39, 0.29) is 6.10 Å². The molecule has 0 bridgehead atoms. The van der Waals surface area contributed by atoms with Crippen molar-refractivity contribution in [2.45, 2.75) is 26.5 Å². The lowest BCUT2D eigenvalue weighted by Crippen LogP contribution is -2.37. The first-order chi connectivity index (χ1) is 8.33. The van der Waals surface area contributed by atoms with E-state index in [9.17, 15) is 0 Å². The molecule has 1 aromatic heterocycles. The molecule has 4 nitrogen and oxygen atoms in total. The number of nitrogens with one attached hydrogen (secondary N) is 1. The highest BCUT2D eigenvalue weighted by Crippen LogP contribution is 2.26. The minimum absolute atomic E-state index is 0.170. The lowest BCUT2D eigenvalue weighted by atomic mass is 10.3. The summed E-state index contributed by atoms with van der Waals surface area (Å²) in [6.07, 6.45) is 2.14. The number of hydrogen-bond acceptors (Lipinski definition) is 5. The second-order valence-electron chi connectivity index (χ2n) is 4.20. The first-order valence-corrected chi connectivity index (χ1v) is 7.14. The second-order valence-corrected chi connectivity index (χ2v) is 5.34. The van der Waals surface area contributed by atoms with Crippen LogP contribution in [0.5, 0.6) is 0 Å². The number of rotatable bonds is 5. The molecule has 5 heteroatoms. The average molecular weight is 255 g/mol. The van der Waals surface area contributed by atoms with Gasteiger partial charge in [0.15, 0.2) is 0 Å². The van der Waals surface area contributed by atoms with E-state index in [1.165, 1.54) is 4.88 Å². The van der Waals surface area contributed by atoms with Crippen molar-refractivity contribution >= 4 is 11.3 Å². The third-order valence-electron chi connectivity index (χ3n) is 2.99. The van der Waals surface area contributed by atoms with E-state index in [0.29, 0.717) is 0 Å². The van der Waals surface area contributed by atoms with Crippen molar-refractivity contribution in [3.05, 3.63) is 16.1 Å². The van der Waals surface area contributed by atoms with Crippen LogP contribution in [-0.2, 0) is 11.3 Å². The zero-order valence-electron chi connectivity index (χ0n) is 10.6. The van der Waals surface area contributed by atoms with Gasteiger partial charge in [0, 0.05) is 30.7 Å². The van der Waals surface area contributed by atoms with Crippen molar-refractivity contribution in [3.8, 4) is 0 Å². The number of thiazole rings is 1. The number of morpholine rings is 1. The van der Waals surface area contributed by atoms with Crippen LogP contribution >= 0.6 is 11.3 Å². The molecule has 1 fully saturated rings. The lowest BCUT2D eigenvalue weighted by Gasteiger charge is -2.30. The van der Waals surface area contributed by atoms with Crippen molar-refractivity contribution in [2.24, 2.45) is 0 Å². The maximum atomic E-state index is 5.80. The summed E-state index contributed by atoms with van der Waals surface area (Å²) in [6, 6.07) is 0. The molecular formula is C12H21N3OS. The third-order valence-corrected chi connectivity index (χ3v) is 4.08. The molecule has 1 unspecified atom stereocenters. The number of hydrogen-bond donors (Lipinski definition) is 1. The van der Waals surface area contributed by atoms with Crippen LogP contribution in [0.25, 0.3) is 0 Å². The molecule has 0 aliphatic carbocycles. The van der Waals surface area contributed by atoms with Gasteiger partial charge in [-0.15, -0.1) is 11.3 Å². The van der Waals surface area contributed by atoms with E-state index < -0.39 is 0 Å². The first-order valence-electron chi connectivity index (χ1n) is 6.32. The van der Waals surface area contributed by atoms with Crippen LogP contribution < -0.4 is 5.32 Å². The Hall–Kier alpha value is -0.490. The van der Waals surface area contributed by atoms with Gasteiger partial charge in [-0.2, -0.15) is 0 Å². The highest BCUT2D eigenvalue weighted by atomic mass is 32.1. The van der Waals surface area contributed by atoms with Crippen molar-refractivity contribution in [1.82, 2.24) is 15.2 Å². The van der Waals surface area contributed by atoms with Crippen LogP contribution in [0, 0.1) is 0 Å². The molecule has 1 N–H and O–H groups in total. The third kappa shape index (κ3) is 3.48. The maximum Gasteiger partial charge on any atom is 0.123 e. The van der Waals surface area contributed by atoms with Crippen LogP contribution in [-0.4, -0.2) is 42.7 Å². The Balaban J connectivity index is 1.94. The minimum Gasteiger partial charge on any atom is -0.368 e. The van der Waals surface area contributed by atoms with E-state index in [2.05, 4.69) is 29.0 Å². The second kappa shape index (κ2) is 6.44. The average Bonchev–Trinajstić information content (AvgIpc) is 2.85. The van der Waals surface area contributed by atoms with E-state index >= 15 is 0 Å². The summed E-state index contributed by atoms with van der Waals surface area (Å²) in [6.45, 7) is 10.2. The standard InChI is InChI=1S/C12H21N3OS/c1-3-13-7-10-8-14-12(17-10)11-9-15(4-2)5-6-16-11/h8,11,13H,3-7,9H2,1-2H3. The molecule has 1 saturated heterocycles. The fourth-order valence-corrected chi connectivity index (χ4v) is 2.87. The van der Waals surface area contributed by atoms with Crippen molar-refractivity contribution in [2.75, 3.05) is 32.8 Å². The highest BCUT2D eigenvalue weighted by molar-refractivity contribution is 7.11. The Morgan fingerprint density at radius 1 is 1.59 bits per heavy atom. The topological polar surface area (TPSA) is 37.4 Å². The fourth-order valence-electron chi connectivity index (χ4n) is 1.94. The molecule has 96 valence electrons. The van der Waals surface area contributed by atoms with Crippen LogP contribution in [0.4, 0.5) is 0 Å². The lowest BCUT2D eigenvalue weighted by molar-refractivity contribution is -0.0282. The Morgan fingerprint density at radius 3 is 3.24 bits per heavy atom. The Labute approximate surface area is 107 Å². The summed E-state index contributed by atoms with van der Waals surface area (Å²) in [5.41, 5.74) is 0. The molecule has 0 spiro atoms. The zero-order valence-corrected chi connectivity index (χ0v) is 11.4. The predicted octanol–water partition coefficient (Wildman–Crippen LogP) is 1.65. The Kier molecular flexibility index (Phi) is 4.91. The van der Waals surface area contributed by atoms with E-state index in [1.54, 1.807) is 11.3 Å². The van der Waals surface area contributed by atoms with Gasteiger partial charge in [0.1, 0.15) is 11.1 Å². The molecular weight excluding hydrogens is 234 g/mol. The van der Waals surface area contributed by atoms with Gasteiger partial charge in [0.05, 0.1) is 6.61 Å². The number of nitrogens with zero attached hydrogens (tertiary/aromatic N) is 2. The molecule has 2 heterocycles. The molecule has 17 heavy (non-hydrogen) atoms. The molecule has 0 amide bonds.